The molecular weight excluding hydrogens is 480 g/mol. The van der Waals surface area contributed by atoms with Crippen LogP contribution in [0.15, 0.2) is 103 Å². The topological polar surface area (TPSA) is 42.1 Å². The van der Waals surface area contributed by atoms with Crippen LogP contribution in [0.4, 0.5) is 5.69 Å². The number of carbonyl (C=O) groups excluding carboxylic acids is 2. The molecule has 1 aliphatic carbocycles. The Hall–Kier alpha value is -4.57. The molecular formula is C35H29N2O2+. The molecule has 0 saturated heterocycles. The van der Waals surface area contributed by atoms with E-state index in [0.29, 0.717) is 5.57 Å². The zero-order valence-electron chi connectivity index (χ0n) is 22.5. The van der Waals surface area contributed by atoms with Crippen LogP contribution in [0.2, 0.25) is 0 Å². The first-order chi connectivity index (χ1) is 18.8. The second kappa shape index (κ2) is 8.21. The van der Waals surface area contributed by atoms with Gasteiger partial charge in [-0.25, -0.2) is 0 Å². The maximum Gasteiger partial charge on any atom is 0.210 e. The summed E-state index contributed by atoms with van der Waals surface area (Å²) in [4.78, 5) is 27.3. The molecule has 7 rings (SSSR count). The molecule has 1 aliphatic heterocycles. The number of nitrogens with zero attached hydrogens (tertiary/aromatic N) is 2. The van der Waals surface area contributed by atoms with Gasteiger partial charge in [0.1, 0.15) is 13.0 Å². The van der Waals surface area contributed by atoms with Crippen LogP contribution in [0.25, 0.3) is 27.4 Å². The molecule has 0 spiro atoms. The zero-order valence-corrected chi connectivity index (χ0v) is 22.5. The van der Waals surface area contributed by atoms with Crippen LogP contribution in [0, 0.1) is 6.92 Å². The summed E-state index contributed by atoms with van der Waals surface area (Å²) >= 11 is 0. The van der Waals surface area contributed by atoms with E-state index in [-0.39, 0.29) is 17.0 Å². The lowest BCUT2D eigenvalue weighted by atomic mass is 9.70. The van der Waals surface area contributed by atoms with Crippen molar-refractivity contribution in [1.29, 1.82) is 0 Å². The molecule has 1 aromatic heterocycles. The second-order valence-electron chi connectivity index (χ2n) is 11.3. The fourth-order valence-electron chi connectivity index (χ4n) is 6.54. The highest BCUT2D eigenvalue weighted by Gasteiger charge is 2.50. The van der Waals surface area contributed by atoms with Crippen LogP contribution >= 0.6 is 0 Å². The lowest BCUT2D eigenvalue weighted by Crippen LogP contribution is -2.40. The van der Waals surface area contributed by atoms with E-state index in [1.165, 1.54) is 21.9 Å². The van der Waals surface area contributed by atoms with Gasteiger partial charge in [0.05, 0.1) is 16.5 Å². The Labute approximate surface area is 227 Å². The van der Waals surface area contributed by atoms with Crippen LogP contribution < -0.4 is 0 Å². The number of allylic oxidation sites excluding steroid dienone is 2. The quantitative estimate of drug-likeness (QED) is 0.114. The second-order valence-corrected chi connectivity index (χ2v) is 11.3. The van der Waals surface area contributed by atoms with E-state index in [4.69, 9.17) is 0 Å². The van der Waals surface area contributed by atoms with Crippen molar-refractivity contribution in [1.82, 2.24) is 4.57 Å². The van der Waals surface area contributed by atoms with E-state index in [1.54, 1.807) is 0 Å². The van der Waals surface area contributed by atoms with Gasteiger partial charge in [0.2, 0.25) is 5.69 Å². The molecule has 0 atom stereocenters. The molecule has 5 aromatic rings. The number of Topliss-reactive ketones (excluding diaryl/α,β-unsaturated/α-hetero) is 2. The Balaban J connectivity index is 1.29. The van der Waals surface area contributed by atoms with Gasteiger partial charge in [0, 0.05) is 35.0 Å². The number of hydrogen-bond donors (Lipinski definition) is 0. The van der Waals surface area contributed by atoms with Crippen molar-refractivity contribution in [2.24, 2.45) is 0 Å². The van der Waals surface area contributed by atoms with Crippen LogP contribution in [-0.4, -0.2) is 33.5 Å². The number of ketones is 2. The minimum Gasteiger partial charge on any atom is -0.316 e. The first-order valence-corrected chi connectivity index (χ1v) is 13.4. The molecule has 2 aliphatic rings. The van der Waals surface area contributed by atoms with Crippen LogP contribution in [0.3, 0.4) is 0 Å². The van der Waals surface area contributed by atoms with Crippen LogP contribution in [0.5, 0.6) is 0 Å². The molecule has 4 nitrogen and oxygen atoms in total. The smallest absolute Gasteiger partial charge is 0.210 e. The van der Waals surface area contributed by atoms with Crippen molar-refractivity contribution in [3.05, 3.63) is 119 Å². The summed E-state index contributed by atoms with van der Waals surface area (Å²) in [5, 5.41) is 3.33. The van der Waals surface area contributed by atoms with E-state index >= 15 is 0 Å². The Bertz CT molecular complexity index is 1920. The number of carbonyl (C=O) groups is 2. The van der Waals surface area contributed by atoms with Gasteiger partial charge in [-0.05, 0) is 61.4 Å². The number of rotatable bonds is 3. The normalized spacial score (nSPS) is 18.2. The van der Waals surface area contributed by atoms with Crippen molar-refractivity contribution >= 4 is 44.6 Å². The predicted molar refractivity (Wildman–Crippen MR) is 157 cm³/mol. The first-order valence-electron chi connectivity index (χ1n) is 13.4. The Morgan fingerprint density at radius 3 is 2.23 bits per heavy atom. The lowest BCUT2D eigenvalue weighted by Gasteiger charge is -2.26. The summed E-state index contributed by atoms with van der Waals surface area (Å²) in [6.07, 6.45) is 3.81. The Kier molecular flexibility index (Phi) is 4.96. The van der Waals surface area contributed by atoms with Gasteiger partial charge in [-0.1, -0.05) is 60.2 Å². The SMILES string of the molecule is Cc1ccc(-n2cc(C3C(=O)C(=CC4=[N+](C)c5ccc6ccccc6c5C4(C)C)C3=O)c3ccccc32)cc1. The average molecular weight is 510 g/mol. The van der Waals surface area contributed by atoms with Crippen LogP contribution in [0.1, 0.15) is 36.5 Å². The third kappa shape index (κ3) is 3.27. The third-order valence-electron chi connectivity index (χ3n) is 8.60. The van der Waals surface area contributed by atoms with Gasteiger partial charge in [-0.2, -0.15) is 4.58 Å². The highest BCUT2D eigenvalue weighted by molar-refractivity contribution is 6.43. The molecule has 2 heterocycles. The maximum atomic E-state index is 13.7. The number of para-hydroxylation sites is 1. The van der Waals surface area contributed by atoms with Crippen molar-refractivity contribution in [2.45, 2.75) is 32.1 Å². The summed E-state index contributed by atoms with van der Waals surface area (Å²) < 4.78 is 4.21. The molecule has 39 heavy (non-hydrogen) atoms. The number of aromatic nitrogens is 1. The van der Waals surface area contributed by atoms with E-state index in [9.17, 15) is 9.59 Å². The number of benzene rings is 4. The fourth-order valence-corrected chi connectivity index (χ4v) is 6.54. The van der Waals surface area contributed by atoms with Crippen molar-refractivity contribution in [2.75, 3.05) is 7.05 Å². The number of hydrogen-bond acceptors (Lipinski definition) is 2. The molecule has 0 unspecified atom stereocenters. The van der Waals surface area contributed by atoms with E-state index in [2.05, 4.69) is 90.6 Å². The molecule has 0 N–H and O–H groups in total. The highest BCUT2D eigenvalue weighted by atomic mass is 16.2. The van der Waals surface area contributed by atoms with Crippen molar-refractivity contribution in [3.8, 4) is 5.69 Å². The number of fused-ring (bicyclic) bond motifs is 4. The molecule has 1 fully saturated rings. The van der Waals surface area contributed by atoms with E-state index < -0.39 is 5.92 Å². The summed E-state index contributed by atoms with van der Waals surface area (Å²) in [5.74, 6) is -0.986. The van der Waals surface area contributed by atoms with Crippen molar-refractivity contribution in [3.63, 3.8) is 0 Å². The predicted octanol–water partition coefficient (Wildman–Crippen LogP) is 6.96. The molecule has 1 saturated carbocycles. The lowest BCUT2D eigenvalue weighted by molar-refractivity contribution is -0.401. The van der Waals surface area contributed by atoms with E-state index in [1.807, 2.05) is 43.6 Å². The fraction of sp³-hybridized carbons (Fsp3) is 0.171. The van der Waals surface area contributed by atoms with E-state index in [0.717, 1.165) is 33.6 Å². The minimum absolute atomic E-state index is 0.107. The summed E-state index contributed by atoms with van der Waals surface area (Å²) in [6, 6.07) is 28.9. The van der Waals surface area contributed by atoms with Crippen LogP contribution in [-0.2, 0) is 15.0 Å². The zero-order chi connectivity index (χ0) is 27.1. The molecule has 190 valence electrons. The van der Waals surface area contributed by atoms with Gasteiger partial charge in [-0.15, -0.1) is 0 Å². The van der Waals surface area contributed by atoms with Gasteiger partial charge in [0.25, 0.3) is 0 Å². The molecule has 4 heteroatoms. The minimum atomic E-state index is -0.772. The standard InChI is InChI=1S/C35H29N2O2/c1-21-13-16-23(17-14-21)37-20-27(25-11-7-8-12-28(25)37)31-33(38)26(34(31)39)19-30-35(2,3)32-24-10-6-5-9-22(24)15-18-29(32)36(30)4/h5-20,31H,1-4H3/q+1. The summed E-state index contributed by atoms with van der Waals surface area (Å²) in [7, 11) is 2.02. The molecule has 0 amide bonds. The summed E-state index contributed by atoms with van der Waals surface area (Å²) in [5.41, 5.74) is 7.19. The highest BCUT2D eigenvalue weighted by Crippen LogP contribution is 2.45. The van der Waals surface area contributed by atoms with Gasteiger partial charge >= 0.3 is 0 Å². The number of aryl methyl sites for hydroxylation is 1. The van der Waals surface area contributed by atoms with Crippen molar-refractivity contribution < 1.29 is 14.2 Å². The Morgan fingerprint density at radius 1 is 0.821 bits per heavy atom. The molecule has 0 radical (unpaired) electrons. The average Bonchev–Trinajstić information content (AvgIpc) is 3.40. The van der Waals surface area contributed by atoms with Gasteiger partial charge in [0.15, 0.2) is 17.3 Å². The largest absolute Gasteiger partial charge is 0.316 e. The first kappa shape index (κ1) is 23.5. The van der Waals surface area contributed by atoms with Gasteiger partial charge < -0.3 is 4.57 Å². The molecule has 0 bridgehead atoms. The summed E-state index contributed by atoms with van der Waals surface area (Å²) in [6.45, 7) is 6.41. The monoisotopic (exact) mass is 509 g/mol. The van der Waals surface area contributed by atoms with Gasteiger partial charge in [-0.3, -0.25) is 9.59 Å². The third-order valence-corrected chi connectivity index (χ3v) is 8.60. The Morgan fingerprint density at radius 2 is 1.49 bits per heavy atom. The molecule has 4 aromatic carbocycles. The maximum absolute atomic E-state index is 13.7.